The Labute approximate surface area is 122 Å². The molecule has 2 fully saturated rings. The van der Waals surface area contributed by atoms with Gasteiger partial charge in [0.1, 0.15) is 5.60 Å². The molecule has 0 bridgehead atoms. The molecule has 2 unspecified atom stereocenters. The van der Waals surface area contributed by atoms with Gasteiger partial charge in [-0.3, -0.25) is 0 Å². The van der Waals surface area contributed by atoms with E-state index in [9.17, 15) is 4.79 Å². The van der Waals surface area contributed by atoms with Crippen molar-refractivity contribution in [3.63, 3.8) is 0 Å². The van der Waals surface area contributed by atoms with Crippen LogP contribution in [0.3, 0.4) is 0 Å². The number of rotatable bonds is 2. The van der Waals surface area contributed by atoms with Gasteiger partial charge in [-0.15, -0.1) is 0 Å². The quantitative estimate of drug-likeness (QED) is 0.844. The zero-order valence-electron chi connectivity index (χ0n) is 13.0. The summed E-state index contributed by atoms with van der Waals surface area (Å²) in [5.74, 6) is 0. The third-order valence-corrected chi connectivity index (χ3v) is 3.72. The minimum absolute atomic E-state index is 0.186. The number of nitrogens with one attached hydrogen (secondary N) is 1. The molecule has 2 heterocycles. The Morgan fingerprint density at radius 3 is 2.70 bits per heavy atom. The maximum atomic E-state index is 12.2. The molecule has 2 rings (SSSR count). The molecular formula is C15H28N2O3. The molecule has 5 heteroatoms. The molecule has 2 saturated heterocycles. The van der Waals surface area contributed by atoms with Crippen LogP contribution in [0.1, 0.15) is 46.5 Å². The molecule has 116 valence electrons. The highest BCUT2D eigenvalue weighted by atomic mass is 16.6. The van der Waals surface area contributed by atoms with Crippen molar-refractivity contribution in [1.29, 1.82) is 0 Å². The summed E-state index contributed by atoms with van der Waals surface area (Å²) in [4.78, 5) is 14.1. The van der Waals surface area contributed by atoms with Crippen molar-refractivity contribution in [3.8, 4) is 0 Å². The van der Waals surface area contributed by atoms with Crippen LogP contribution in [0.4, 0.5) is 4.79 Å². The third kappa shape index (κ3) is 4.94. The van der Waals surface area contributed by atoms with E-state index in [2.05, 4.69) is 5.32 Å². The van der Waals surface area contributed by atoms with Gasteiger partial charge in [-0.1, -0.05) is 6.42 Å². The van der Waals surface area contributed by atoms with Crippen molar-refractivity contribution in [2.24, 2.45) is 0 Å². The average Bonchev–Trinajstić information content (AvgIpc) is 2.71. The smallest absolute Gasteiger partial charge is 0.410 e. The van der Waals surface area contributed by atoms with E-state index < -0.39 is 5.60 Å². The summed E-state index contributed by atoms with van der Waals surface area (Å²) < 4.78 is 10.9. The van der Waals surface area contributed by atoms with Crippen LogP contribution in [-0.2, 0) is 9.47 Å². The first-order chi connectivity index (χ1) is 9.44. The second-order valence-corrected chi connectivity index (χ2v) is 6.85. The van der Waals surface area contributed by atoms with Crippen LogP contribution in [0, 0.1) is 0 Å². The molecule has 0 aromatic rings. The van der Waals surface area contributed by atoms with Crippen molar-refractivity contribution < 1.29 is 14.3 Å². The normalized spacial score (nSPS) is 28.2. The summed E-state index contributed by atoms with van der Waals surface area (Å²) in [6.07, 6.45) is 4.22. The van der Waals surface area contributed by atoms with Gasteiger partial charge in [-0.25, -0.2) is 4.79 Å². The summed E-state index contributed by atoms with van der Waals surface area (Å²) in [6.45, 7) is 8.92. The summed E-state index contributed by atoms with van der Waals surface area (Å²) in [5.41, 5.74) is -0.425. The van der Waals surface area contributed by atoms with Crippen LogP contribution in [0.15, 0.2) is 0 Å². The Hall–Kier alpha value is -0.810. The monoisotopic (exact) mass is 284 g/mol. The van der Waals surface area contributed by atoms with E-state index in [0.29, 0.717) is 12.1 Å². The lowest BCUT2D eigenvalue weighted by Crippen LogP contribution is -2.47. The maximum absolute atomic E-state index is 12.2. The first-order valence-corrected chi connectivity index (χ1v) is 7.76. The van der Waals surface area contributed by atoms with Crippen molar-refractivity contribution in [2.45, 2.75) is 64.1 Å². The number of likely N-dealkylation sites (tertiary alicyclic amines) is 1. The molecule has 1 amide bonds. The molecule has 0 aliphatic carbocycles. The summed E-state index contributed by atoms with van der Waals surface area (Å²) >= 11 is 0. The average molecular weight is 284 g/mol. The predicted molar refractivity (Wildman–Crippen MR) is 77.8 cm³/mol. The zero-order valence-corrected chi connectivity index (χ0v) is 13.0. The molecule has 0 aromatic carbocycles. The van der Waals surface area contributed by atoms with Gasteiger partial charge < -0.3 is 19.7 Å². The molecule has 2 aliphatic heterocycles. The lowest BCUT2D eigenvalue weighted by molar-refractivity contribution is 0.0241. The maximum Gasteiger partial charge on any atom is 0.410 e. The van der Waals surface area contributed by atoms with Gasteiger partial charge in [0.25, 0.3) is 0 Å². The fraction of sp³-hybridized carbons (Fsp3) is 0.933. The van der Waals surface area contributed by atoms with E-state index in [1.165, 1.54) is 0 Å². The van der Waals surface area contributed by atoms with E-state index in [4.69, 9.17) is 9.47 Å². The molecule has 0 saturated carbocycles. The molecule has 1 N–H and O–H groups in total. The van der Waals surface area contributed by atoms with Gasteiger partial charge >= 0.3 is 6.09 Å². The fourth-order valence-corrected chi connectivity index (χ4v) is 2.77. The molecule has 5 nitrogen and oxygen atoms in total. The van der Waals surface area contributed by atoms with Crippen LogP contribution in [0.25, 0.3) is 0 Å². The van der Waals surface area contributed by atoms with E-state index in [0.717, 1.165) is 52.0 Å². The number of carbonyl (C=O) groups excluding carboxylic acids is 1. The number of carbonyl (C=O) groups is 1. The lowest BCUT2D eigenvalue weighted by Gasteiger charge is -2.29. The Bertz CT molecular complexity index is 322. The minimum atomic E-state index is -0.425. The molecule has 20 heavy (non-hydrogen) atoms. The largest absolute Gasteiger partial charge is 0.444 e. The van der Waals surface area contributed by atoms with E-state index in [-0.39, 0.29) is 6.09 Å². The molecule has 0 spiro atoms. The van der Waals surface area contributed by atoms with Crippen molar-refractivity contribution in [1.82, 2.24) is 10.2 Å². The molecule has 2 aliphatic rings. The van der Waals surface area contributed by atoms with E-state index in [1.54, 1.807) is 0 Å². The SMILES string of the molecule is CC(C)(C)OC(=O)N1CCCCC(NC2CCOC2)C1. The van der Waals surface area contributed by atoms with Gasteiger partial charge in [0.15, 0.2) is 0 Å². The fourth-order valence-electron chi connectivity index (χ4n) is 2.77. The Morgan fingerprint density at radius 1 is 1.25 bits per heavy atom. The number of ether oxygens (including phenoxy) is 2. The van der Waals surface area contributed by atoms with E-state index in [1.807, 2.05) is 25.7 Å². The third-order valence-electron chi connectivity index (χ3n) is 3.72. The summed E-state index contributed by atoms with van der Waals surface area (Å²) in [6, 6.07) is 0.801. The number of nitrogens with zero attached hydrogens (tertiary/aromatic N) is 1. The molecule has 2 atom stereocenters. The second kappa shape index (κ2) is 6.76. The van der Waals surface area contributed by atoms with Crippen molar-refractivity contribution in [2.75, 3.05) is 26.3 Å². The Balaban J connectivity index is 1.87. The van der Waals surface area contributed by atoms with Crippen LogP contribution >= 0.6 is 0 Å². The number of hydrogen-bond acceptors (Lipinski definition) is 4. The zero-order chi connectivity index (χ0) is 14.6. The highest BCUT2D eigenvalue weighted by Gasteiger charge is 2.28. The summed E-state index contributed by atoms with van der Waals surface area (Å²) in [5, 5.41) is 3.63. The highest BCUT2D eigenvalue weighted by Crippen LogP contribution is 2.16. The standard InChI is InChI=1S/C15H28N2O3/c1-15(2,3)20-14(18)17-8-5-4-6-12(10-17)16-13-7-9-19-11-13/h12-13,16H,4-11H2,1-3H3. The lowest BCUT2D eigenvalue weighted by atomic mass is 10.1. The minimum Gasteiger partial charge on any atom is -0.444 e. The Morgan fingerprint density at radius 2 is 2.05 bits per heavy atom. The summed E-state index contributed by atoms with van der Waals surface area (Å²) in [7, 11) is 0. The number of amides is 1. The van der Waals surface area contributed by atoms with E-state index >= 15 is 0 Å². The number of hydrogen-bond donors (Lipinski definition) is 1. The van der Waals surface area contributed by atoms with Crippen LogP contribution < -0.4 is 5.32 Å². The second-order valence-electron chi connectivity index (χ2n) is 6.85. The van der Waals surface area contributed by atoms with Gasteiger partial charge in [0, 0.05) is 31.8 Å². The van der Waals surface area contributed by atoms with Crippen molar-refractivity contribution >= 4 is 6.09 Å². The van der Waals surface area contributed by atoms with Gasteiger partial charge in [-0.2, -0.15) is 0 Å². The molecule has 0 aromatic heterocycles. The van der Waals surface area contributed by atoms with Crippen LogP contribution in [-0.4, -0.2) is 55.0 Å². The van der Waals surface area contributed by atoms with Gasteiger partial charge in [-0.05, 0) is 40.0 Å². The van der Waals surface area contributed by atoms with Crippen LogP contribution in [0.2, 0.25) is 0 Å². The van der Waals surface area contributed by atoms with Gasteiger partial charge in [0.2, 0.25) is 0 Å². The van der Waals surface area contributed by atoms with Gasteiger partial charge in [0.05, 0.1) is 6.61 Å². The molecular weight excluding hydrogens is 256 g/mol. The van der Waals surface area contributed by atoms with Crippen LogP contribution in [0.5, 0.6) is 0 Å². The predicted octanol–water partition coefficient (Wildman–Crippen LogP) is 2.15. The highest BCUT2D eigenvalue weighted by molar-refractivity contribution is 5.68. The van der Waals surface area contributed by atoms with Crippen molar-refractivity contribution in [3.05, 3.63) is 0 Å². The first-order valence-electron chi connectivity index (χ1n) is 7.76. The molecule has 0 radical (unpaired) electrons. The first kappa shape index (κ1) is 15.6. The Kier molecular flexibility index (Phi) is 5.27. The topological polar surface area (TPSA) is 50.8 Å².